The van der Waals surface area contributed by atoms with Crippen LogP contribution in [0.15, 0.2) is 55.1 Å². The van der Waals surface area contributed by atoms with Gasteiger partial charge in [-0.05, 0) is 23.7 Å². The lowest BCUT2D eigenvalue weighted by Gasteiger charge is -2.16. The second kappa shape index (κ2) is 9.81. The van der Waals surface area contributed by atoms with E-state index in [0.29, 0.717) is 48.0 Å². The largest absolute Gasteiger partial charge is 0.493 e. The molecule has 0 amide bonds. The summed E-state index contributed by atoms with van der Waals surface area (Å²) in [6, 6.07) is 11.1. The zero-order chi connectivity index (χ0) is 24.2. The number of fused-ring (bicyclic) bond motifs is 1. The van der Waals surface area contributed by atoms with Gasteiger partial charge in [0, 0.05) is 24.0 Å². The number of imidazole rings is 1. The van der Waals surface area contributed by atoms with Gasteiger partial charge in [-0.25, -0.2) is 19.6 Å². The summed E-state index contributed by atoms with van der Waals surface area (Å²) < 4.78 is 20.3. The fraction of sp³-hybridized carbons (Fsp3) is 0.182. The molecule has 0 radical (unpaired) electrons. The molecule has 178 valence electrons. The minimum absolute atomic E-state index is 0.249. The summed E-state index contributed by atoms with van der Waals surface area (Å²) in [7, 11) is 3.10. The smallest absolute Gasteiger partial charge is 0.241 e. The molecule has 0 aliphatic heterocycles. The molecule has 0 saturated heterocycles. The van der Waals surface area contributed by atoms with E-state index in [-0.39, 0.29) is 5.28 Å². The van der Waals surface area contributed by atoms with Gasteiger partial charge < -0.3 is 19.5 Å². The van der Waals surface area contributed by atoms with E-state index < -0.39 is 0 Å². The predicted molar refractivity (Wildman–Crippen MR) is 128 cm³/mol. The Morgan fingerprint density at radius 1 is 1.03 bits per heavy atom. The lowest BCUT2D eigenvalue weighted by molar-refractivity contribution is 0.258. The van der Waals surface area contributed by atoms with Crippen LogP contribution in [0.4, 0.5) is 11.6 Å². The van der Waals surface area contributed by atoms with E-state index in [1.54, 1.807) is 48.0 Å². The predicted octanol–water partition coefficient (Wildman–Crippen LogP) is 3.30. The Morgan fingerprint density at radius 2 is 1.83 bits per heavy atom. The summed E-state index contributed by atoms with van der Waals surface area (Å²) in [6.07, 6.45) is 4.76. The summed E-state index contributed by atoms with van der Waals surface area (Å²) in [6.45, 7) is 0.866. The second-order valence-corrected chi connectivity index (χ2v) is 7.50. The molecule has 0 unspecified atom stereocenters. The quantitative estimate of drug-likeness (QED) is 0.326. The highest BCUT2D eigenvalue weighted by molar-refractivity contribution is 6.29. The van der Waals surface area contributed by atoms with Crippen molar-refractivity contribution in [2.75, 3.05) is 26.1 Å². The van der Waals surface area contributed by atoms with E-state index in [2.05, 4.69) is 35.6 Å². The molecule has 35 heavy (non-hydrogen) atoms. The third kappa shape index (κ3) is 4.64. The lowest BCUT2D eigenvalue weighted by Crippen LogP contribution is -2.10. The number of benzene rings is 2. The van der Waals surface area contributed by atoms with Crippen molar-refractivity contribution in [1.82, 2.24) is 39.5 Å². The Kier molecular flexibility index (Phi) is 6.26. The number of aromatic nitrogens is 8. The van der Waals surface area contributed by atoms with Crippen LogP contribution < -0.4 is 19.5 Å². The summed E-state index contributed by atoms with van der Waals surface area (Å²) in [5.41, 5.74) is 2.15. The van der Waals surface area contributed by atoms with Gasteiger partial charge in [0.15, 0.2) is 11.5 Å². The number of methoxy groups -OCH3 is 2. The van der Waals surface area contributed by atoms with Crippen LogP contribution in [0.1, 0.15) is 0 Å². The number of nitrogens with zero attached hydrogens (tertiary/aromatic N) is 8. The van der Waals surface area contributed by atoms with Crippen LogP contribution in [0.3, 0.4) is 0 Å². The van der Waals surface area contributed by atoms with Gasteiger partial charge in [0.05, 0.1) is 38.0 Å². The van der Waals surface area contributed by atoms with Crippen molar-refractivity contribution in [1.29, 1.82) is 0 Å². The molecule has 12 nitrogen and oxygen atoms in total. The van der Waals surface area contributed by atoms with E-state index in [1.807, 2.05) is 24.3 Å². The topological polar surface area (TPSA) is 127 Å². The first kappa shape index (κ1) is 22.3. The highest BCUT2D eigenvalue weighted by Crippen LogP contribution is 2.40. The van der Waals surface area contributed by atoms with Gasteiger partial charge in [-0.2, -0.15) is 4.98 Å². The van der Waals surface area contributed by atoms with Gasteiger partial charge in [-0.3, -0.25) is 4.57 Å². The molecule has 5 rings (SSSR count). The average Bonchev–Trinajstić information content (AvgIpc) is 3.51. The standard InChI is InChI=1S/C22H20ClN9O3/c1-33-17-11-14(12-18(34-2)19(17)35-10-9-31-8-7-26-30-31)27-21-24-13-25-22(29-21)32-16-6-4-3-5-15(16)28-20(32)23/h3-8,11-13H,9-10H2,1-2H3,(H,24,25,27,29). The minimum Gasteiger partial charge on any atom is -0.493 e. The van der Waals surface area contributed by atoms with Crippen molar-refractivity contribution < 1.29 is 14.2 Å². The van der Waals surface area contributed by atoms with Crippen molar-refractivity contribution in [3.8, 4) is 23.2 Å². The number of halogens is 1. The molecule has 0 spiro atoms. The van der Waals surface area contributed by atoms with Crippen molar-refractivity contribution in [2.24, 2.45) is 0 Å². The number of para-hydroxylation sites is 2. The number of ether oxygens (including phenoxy) is 3. The van der Waals surface area contributed by atoms with Crippen LogP contribution in [0.5, 0.6) is 17.2 Å². The highest BCUT2D eigenvalue weighted by Gasteiger charge is 2.17. The van der Waals surface area contributed by atoms with E-state index in [9.17, 15) is 0 Å². The fourth-order valence-corrected chi connectivity index (χ4v) is 3.72. The van der Waals surface area contributed by atoms with Gasteiger partial charge in [0.1, 0.15) is 12.9 Å². The lowest BCUT2D eigenvalue weighted by atomic mass is 10.2. The molecule has 1 N–H and O–H groups in total. The number of anilines is 2. The Bertz CT molecular complexity index is 1430. The van der Waals surface area contributed by atoms with E-state index in [4.69, 9.17) is 25.8 Å². The summed E-state index contributed by atoms with van der Waals surface area (Å²) in [5, 5.41) is 11.1. The maximum atomic E-state index is 6.36. The third-order valence-electron chi connectivity index (χ3n) is 5.03. The molecule has 2 aromatic carbocycles. The Hall–Kier alpha value is -4.45. The normalized spacial score (nSPS) is 10.9. The molecule has 3 heterocycles. The molecule has 0 aliphatic rings. The average molecular weight is 494 g/mol. The van der Waals surface area contributed by atoms with E-state index >= 15 is 0 Å². The molecule has 0 atom stereocenters. The highest BCUT2D eigenvalue weighted by atomic mass is 35.5. The number of rotatable bonds is 9. The van der Waals surface area contributed by atoms with Gasteiger partial charge in [-0.1, -0.05) is 17.3 Å². The van der Waals surface area contributed by atoms with Crippen LogP contribution in [0, 0.1) is 0 Å². The molecular weight excluding hydrogens is 474 g/mol. The zero-order valence-electron chi connectivity index (χ0n) is 18.8. The van der Waals surface area contributed by atoms with Crippen LogP contribution in [0.2, 0.25) is 5.28 Å². The SMILES string of the molecule is COc1cc(Nc2ncnc(-n3c(Cl)nc4ccccc43)n2)cc(OC)c1OCCn1ccnn1. The van der Waals surface area contributed by atoms with Gasteiger partial charge in [0.25, 0.3) is 0 Å². The molecule has 0 bridgehead atoms. The van der Waals surface area contributed by atoms with Gasteiger partial charge in [-0.15, -0.1) is 5.10 Å². The van der Waals surface area contributed by atoms with Crippen LogP contribution >= 0.6 is 11.6 Å². The first-order valence-electron chi connectivity index (χ1n) is 10.5. The number of nitrogens with one attached hydrogen (secondary N) is 1. The molecule has 13 heteroatoms. The number of hydrogen-bond donors (Lipinski definition) is 1. The molecule has 0 saturated carbocycles. The number of hydrogen-bond acceptors (Lipinski definition) is 10. The first-order chi connectivity index (χ1) is 17.2. The zero-order valence-corrected chi connectivity index (χ0v) is 19.5. The van der Waals surface area contributed by atoms with Crippen molar-refractivity contribution in [2.45, 2.75) is 6.54 Å². The van der Waals surface area contributed by atoms with Crippen LogP contribution in [-0.4, -0.2) is 60.3 Å². The van der Waals surface area contributed by atoms with Crippen molar-refractivity contribution in [3.63, 3.8) is 0 Å². The minimum atomic E-state index is 0.249. The first-order valence-corrected chi connectivity index (χ1v) is 10.9. The van der Waals surface area contributed by atoms with Crippen LogP contribution in [0.25, 0.3) is 17.0 Å². The van der Waals surface area contributed by atoms with Crippen LogP contribution in [-0.2, 0) is 6.54 Å². The maximum Gasteiger partial charge on any atom is 0.241 e. The molecular formula is C22H20ClN9O3. The summed E-state index contributed by atoms with van der Waals surface area (Å²) in [4.78, 5) is 17.4. The maximum absolute atomic E-state index is 6.36. The summed E-state index contributed by atoms with van der Waals surface area (Å²) >= 11 is 6.36. The monoisotopic (exact) mass is 493 g/mol. The van der Waals surface area contributed by atoms with E-state index in [0.717, 1.165) is 11.0 Å². The van der Waals surface area contributed by atoms with Gasteiger partial charge in [0.2, 0.25) is 22.9 Å². The molecule has 0 aliphatic carbocycles. The third-order valence-corrected chi connectivity index (χ3v) is 5.29. The Morgan fingerprint density at radius 3 is 2.57 bits per heavy atom. The van der Waals surface area contributed by atoms with Crippen molar-refractivity contribution >= 4 is 34.3 Å². The Balaban J connectivity index is 1.40. The fourth-order valence-electron chi connectivity index (χ4n) is 3.46. The van der Waals surface area contributed by atoms with E-state index in [1.165, 1.54) is 6.33 Å². The summed E-state index contributed by atoms with van der Waals surface area (Å²) in [5.74, 6) is 2.04. The molecule has 0 fully saturated rings. The molecule has 5 aromatic rings. The molecule has 3 aromatic heterocycles. The Labute approximate surface area is 204 Å². The van der Waals surface area contributed by atoms with Crippen molar-refractivity contribution in [3.05, 3.63) is 60.4 Å². The van der Waals surface area contributed by atoms with Gasteiger partial charge >= 0.3 is 0 Å². The second-order valence-electron chi connectivity index (χ2n) is 7.16.